The monoisotopic (exact) mass is 303 g/mol. The number of aryl methyl sites for hydroxylation is 3. The van der Waals surface area contributed by atoms with Crippen molar-refractivity contribution in [3.63, 3.8) is 0 Å². The Kier molecular flexibility index (Phi) is 5.02. The molecule has 0 atom stereocenters. The highest BCUT2D eigenvalue weighted by molar-refractivity contribution is 7.12. The second-order valence-electron chi connectivity index (χ2n) is 5.34. The van der Waals surface area contributed by atoms with Crippen LogP contribution in [-0.2, 0) is 11.3 Å². The van der Waals surface area contributed by atoms with Crippen LogP contribution in [0.2, 0.25) is 0 Å². The van der Waals surface area contributed by atoms with E-state index in [1.165, 1.54) is 20.9 Å². The first-order valence-corrected chi connectivity index (χ1v) is 7.86. The van der Waals surface area contributed by atoms with Crippen LogP contribution in [0.5, 0.6) is 0 Å². The molecule has 4 heteroatoms. The van der Waals surface area contributed by atoms with E-state index in [1.54, 1.807) is 11.3 Å². The molecule has 1 heterocycles. The van der Waals surface area contributed by atoms with Gasteiger partial charge in [-0.25, -0.2) is 0 Å². The zero-order valence-corrected chi connectivity index (χ0v) is 13.5. The lowest BCUT2D eigenvalue weighted by Gasteiger charge is -2.24. The lowest BCUT2D eigenvalue weighted by atomic mass is 10.1. The first-order chi connectivity index (χ1) is 9.95. The molecule has 1 aromatic carbocycles. The molecule has 0 unspecified atom stereocenters. The fourth-order valence-corrected chi connectivity index (χ4v) is 3.27. The summed E-state index contributed by atoms with van der Waals surface area (Å²) in [6.45, 7) is 7.56. The van der Waals surface area contributed by atoms with Gasteiger partial charge in [0.15, 0.2) is 0 Å². The molecule has 0 saturated carbocycles. The van der Waals surface area contributed by atoms with Gasteiger partial charge in [-0.05, 0) is 44.5 Å². The topological polar surface area (TPSA) is 40.5 Å². The number of carbonyl (C=O) groups is 1. The second kappa shape index (κ2) is 6.76. The quantitative estimate of drug-likeness (QED) is 0.871. The summed E-state index contributed by atoms with van der Waals surface area (Å²) in [5, 5.41) is 8.95. The summed E-state index contributed by atoms with van der Waals surface area (Å²) >= 11 is 1.79. The van der Waals surface area contributed by atoms with Crippen molar-refractivity contribution in [2.75, 3.05) is 11.4 Å². The van der Waals surface area contributed by atoms with Gasteiger partial charge in [-0.3, -0.25) is 4.79 Å². The van der Waals surface area contributed by atoms with Crippen LogP contribution in [0.15, 0.2) is 30.3 Å². The zero-order valence-electron chi connectivity index (χ0n) is 12.7. The van der Waals surface area contributed by atoms with Gasteiger partial charge >= 0.3 is 5.97 Å². The van der Waals surface area contributed by atoms with Gasteiger partial charge in [-0.15, -0.1) is 11.3 Å². The Morgan fingerprint density at radius 2 is 1.86 bits per heavy atom. The van der Waals surface area contributed by atoms with E-state index >= 15 is 0 Å². The predicted molar refractivity (Wildman–Crippen MR) is 88.3 cm³/mol. The van der Waals surface area contributed by atoms with Crippen LogP contribution < -0.4 is 4.90 Å². The van der Waals surface area contributed by atoms with E-state index in [-0.39, 0.29) is 6.42 Å². The summed E-state index contributed by atoms with van der Waals surface area (Å²) in [7, 11) is 0. The van der Waals surface area contributed by atoms with Crippen LogP contribution in [0.3, 0.4) is 0 Å². The van der Waals surface area contributed by atoms with Crippen LogP contribution in [0.25, 0.3) is 0 Å². The van der Waals surface area contributed by atoms with Crippen molar-refractivity contribution in [3.05, 3.63) is 51.2 Å². The number of nitrogens with zero attached hydrogens (tertiary/aromatic N) is 1. The number of carboxylic acids is 1. The Balaban J connectivity index is 2.21. The molecule has 0 radical (unpaired) electrons. The van der Waals surface area contributed by atoms with Crippen molar-refractivity contribution in [3.8, 4) is 0 Å². The summed E-state index contributed by atoms with van der Waals surface area (Å²) in [6.07, 6.45) is 0.149. The van der Waals surface area contributed by atoms with E-state index in [0.29, 0.717) is 6.54 Å². The Morgan fingerprint density at radius 1 is 1.19 bits per heavy atom. The van der Waals surface area contributed by atoms with E-state index in [2.05, 4.69) is 56.0 Å². The van der Waals surface area contributed by atoms with Gasteiger partial charge < -0.3 is 10.0 Å². The van der Waals surface area contributed by atoms with Crippen molar-refractivity contribution >= 4 is 23.0 Å². The molecule has 1 aromatic heterocycles. The first kappa shape index (κ1) is 15.6. The number of anilines is 1. The van der Waals surface area contributed by atoms with Gasteiger partial charge in [0.1, 0.15) is 0 Å². The fraction of sp³-hybridized carbons (Fsp3) is 0.353. The maximum absolute atomic E-state index is 10.9. The molecule has 0 aliphatic rings. The summed E-state index contributed by atoms with van der Waals surface area (Å²) < 4.78 is 0. The maximum atomic E-state index is 10.9. The number of hydrogen-bond acceptors (Lipinski definition) is 3. The van der Waals surface area contributed by atoms with E-state index in [9.17, 15) is 4.79 Å². The third-order valence-electron chi connectivity index (χ3n) is 3.50. The van der Waals surface area contributed by atoms with Crippen molar-refractivity contribution in [1.29, 1.82) is 0 Å². The molecule has 0 bridgehead atoms. The highest BCUT2D eigenvalue weighted by Gasteiger charge is 2.12. The molecule has 0 spiro atoms. The van der Waals surface area contributed by atoms with Crippen molar-refractivity contribution in [1.82, 2.24) is 0 Å². The van der Waals surface area contributed by atoms with Gasteiger partial charge in [0.25, 0.3) is 0 Å². The van der Waals surface area contributed by atoms with Gasteiger partial charge in [-0.2, -0.15) is 0 Å². The lowest BCUT2D eigenvalue weighted by molar-refractivity contribution is -0.136. The molecule has 21 heavy (non-hydrogen) atoms. The lowest BCUT2D eigenvalue weighted by Crippen LogP contribution is -2.25. The molecule has 1 N–H and O–H groups in total. The molecule has 2 rings (SSSR count). The van der Waals surface area contributed by atoms with E-state index in [4.69, 9.17) is 5.11 Å². The average Bonchev–Trinajstić information content (AvgIpc) is 2.73. The number of rotatable bonds is 6. The molecule has 0 aliphatic carbocycles. The molecule has 0 amide bonds. The third-order valence-corrected chi connectivity index (χ3v) is 4.51. The molecule has 0 saturated heterocycles. The summed E-state index contributed by atoms with van der Waals surface area (Å²) in [6, 6.07) is 10.4. The predicted octanol–water partition coefficient (Wildman–Crippen LogP) is 4.15. The molecule has 112 valence electrons. The standard InChI is InChI=1S/C17H21NO2S/c1-12-4-6-16(7-5-12)18(9-8-17(19)20)11-15-10-13(2)21-14(15)3/h4-7,10H,8-9,11H2,1-3H3,(H,19,20). The second-order valence-corrected chi connectivity index (χ2v) is 6.80. The van der Waals surface area contributed by atoms with Crippen LogP contribution >= 0.6 is 11.3 Å². The highest BCUT2D eigenvalue weighted by atomic mass is 32.1. The highest BCUT2D eigenvalue weighted by Crippen LogP contribution is 2.25. The van der Waals surface area contributed by atoms with E-state index in [1.807, 2.05) is 0 Å². The largest absolute Gasteiger partial charge is 0.481 e. The molecule has 2 aromatic rings. The van der Waals surface area contributed by atoms with Crippen LogP contribution in [0, 0.1) is 20.8 Å². The van der Waals surface area contributed by atoms with Gasteiger partial charge in [0.2, 0.25) is 0 Å². The first-order valence-electron chi connectivity index (χ1n) is 7.05. The maximum Gasteiger partial charge on any atom is 0.305 e. The normalized spacial score (nSPS) is 10.6. The zero-order chi connectivity index (χ0) is 15.4. The smallest absolute Gasteiger partial charge is 0.305 e. The number of thiophene rings is 1. The minimum absolute atomic E-state index is 0.149. The molecular weight excluding hydrogens is 282 g/mol. The Labute approximate surface area is 129 Å². The Hall–Kier alpha value is -1.81. The summed E-state index contributed by atoms with van der Waals surface area (Å²) in [5.74, 6) is -0.759. The Bertz CT molecular complexity index is 616. The minimum Gasteiger partial charge on any atom is -0.481 e. The Morgan fingerprint density at radius 3 is 2.38 bits per heavy atom. The SMILES string of the molecule is Cc1ccc(N(CCC(=O)O)Cc2cc(C)sc2C)cc1. The van der Waals surface area contributed by atoms with Gasteiger partial charge in [-0.1, -0.05) is 17.7 Å². The molecular formula is C17H21NO2S. The average molecular weight is 303 g/mol. The number of benzene rings is 1. The van der Waals surface area contributed by atoms with Gasteiger partial charge in [0, 0.05) is 28.5 Å². The van der Waals surface area contributed by atoms with Crippen LogP contribution in [0.1, 0.15) is 27.3 Å². The minimum atomic E-state index is -0.759. The van der Waals surface area contributed by atoms with Gasteiger partial charge in [0.05, 0.1) is 6.42 Å². The summed E-state index contributed by atoms with van der Waals surface area (Å²) in [4.78, 5) is 15.6. The number of hydrogen-bond donors (Lipinski definition) is 1. The molecule has 0 fully saturated rings. The van der Waals surface area contributed by atoms with Crippen LogP contribution in [-0.4, -0.2) is 17.6 Å². The number of carboxylic acid groups (broad SMARTS) is 1. The van der Waals surface area contributed by atoms with E-state index in [0.717, 1.165) is 12.2 Å². The van der Waals surface area contributed by atoms with Crippen molar-refractivity contribution in [2.45, 2.75) is 33.7 Å². The fourth-order valence-electron chi connectivity index (χ4n) is 2.33. The van der Waals surface area contributed by atoms with Crippen molar-refractivity contribution in [2.24, 2.45) is 0 Å². The molecule has 0 aliphatic heterocycles. The van der Waals surface area contributed by atoms with Crippen molar-refractivity contribution < 1.29 is 9.90 Å². The number of aliphatic carboxylic acids is 1. The third kappa shape index (κ3) is 4.33. The summed E-state index contributed by atoms with van der Waals surface area (Å²) in [5.41, 5.74) is 3.56. The molecule has 3 nitrogen and oxygen atoms in total. The van der Waals surface area contributed by atoms with E-state index < -0.39 is 5.97 Å². The van der Waals surface area contributed by atoms with Crippen LogP contribution in [0.4, 0.5) is 5.69 Å².